The second kappa shape index (κ2) is 6.17. The topological polar surface area (TPSA) is 46.4 Å². The normalized spacial score (nSPS) is 16.7. The Bertz CT molecular complexity index is 835. The van der Waals surface area contributed by atoms with Crippen LogP contribution in [0.5, 0.6) is 0 Å². The highest BCUT2D eigenvalue weighted by Gasteiger charge is 2.38. The number of amides is 1. The number of nitrogens with zero attached hydrogens (tertiary/aromatic N) is 2. The van der Waals surface area contributed by atoms with Gasteiger partial charge in [-0.1, -0.05) is 6.92 Å². The third-order valence-electron chi connectivity index (χ3n) is 4.26. The van der Waals surface area contributed by atoms with Crippen LogP contribution in [0.1, 0.15) is 43.4 Å². The minimum absolute atomic E-state index is 0.0196. The SMILES string of the molecule is C[C@@H](CC(=O)Nc1nc2ccc(C(F)(F)F)cn2c1C1CC1)C(F)(F)F. The molecule has 0 aromatic carbocycles. The quantitative estimate of drug-likeness (QED) is 0.779. The molecule has 0 spiro atoms. The Kier molecular flexibility index (Phi) is 4.40. The highest BCUT2D eigenvalue weighted by molar-refractivity contribution is 5.91. The molecule has 0 unspecified atom stereocenters. The number of nitrogens with one attached hydrogen (secondary N) is 1. The minimum Gasteiger partial charge on any atom is -0.309 e. The van der Waals surface area contributed by atoms with Gasteiger partial charge in [0.1, 0.15) is 5.65 Å². The third-order valence-corrected chi connectivity index (χ3v) is 4.26. The molecule has 1 saturated carbocycles. The van der Waals surface area contributed by atoms with Gasteiger partial charge in [0, 0.05) is 18.5 Å². The average molecular weight is 379 g/mol. The van der Waals surface area contributed by atoms with E-state index < -0.39 is 36.2 Å². The number of carbonyl (C=O) groups excluding carboxylic acids is 1. The molecule has 4 nitrogen and oxygen atoms in total. The Morgan fingerprint density at radius 2 is 1.92 bits per heavy atom. The Balaban J connectivity index is 1.91. The van der Waals surface area contributed by atoms with E-state index in [1.165, 1.54) is 10.5 Å². The Labute approximate surface area is 144 Å². The first-order valence-corrected chi connectivity index (χ1v) is 7.92. The zero-order chi connectivity index (χ0) is 19.3. The van der Waals surface area contributed by atoms with Crippen molar-refractivity contribution in [3.05, 3.63) is 29.6 Å². The minimum atomic E-state index is -4.54. The molecule has 0 radical (unpaired) electrons. The van der Waals surface area contributed by atoms with Crippen LogP contribution in [0.15, 0.2) is 18.3 Å². The van der Waals surface area contributed by atoms with Gasteiger partial charge in [0.15, 0.2) is 5.82 Å². The Hall–Kier alpha value is -2.26. The van der Waals surface area contributed by atoms with Gasteiger partial charge in [-0.05, 0) is 25.0 Å². The number of imidazole rings is 1. The molecule has 0 aliphatic heterocycles. The molecule has 1 N–H and O–H groups in total. The highest BCUT2D eigenvalue weighted by Crippen LogP contribution is 2.44. The van der Waals surface area contributed by atoms with E-state index in [0.29, 0.717) is 18.5 Å². The molecule has 3 rings (SSSR count). The molecule has 2 aromatic rings. The first kappa shape index (κ1) is 18.5. The molecule has 10 heteroatoms. The third kappa shape index (κ3) is 3.78. The number of anilines is 1. The van der Waals surface area contributed by atoms with Gasteiger partial charge in [0.05, 0.1) is 17.2 Å². The summed E-state index contributed by atoms with van der Waals surface area (Å²) < 4.78 is 77.8. The lowest BCUT2D eigenvalue weighted by Gasteiger charge is -2.14. The van der Waals surface area contributed by atoms with E-state index in [-0.39, 0.29) is 17.4 Å². The molecule has 26 heavy (non-hydrogen) atoms. The highest BCUT2D eigenvalue weighted by atomic mass is 19.4. The largest absolute Gasteiger partial charge is 0.417 e. The molecule has 2 heterocycles. The number of hydrogen-bond acceptors (Lipinski definition) is 2. The average Bonchev–Trinajstić information content (AvgIpc) is 3.26. The Morgan fingerprint density at radius 3 is 2.46 bits per heavy atom. The first-order valence-electron chi connectivity index (χ1n) is 7.92. The summed E-state index contributed by atoms with van der Waals surface area (Å²) in [7, 11) is 0. The number of rotatable bonds is 4. The smallest absolute Gasteiger partial charge is 0.309 e. The maximum absolute atomic E-state index is 12.9. The molecule has 1 aliphatic rings. The molecule has 1 aliphatic carbocycles. The second-order valence-electron chi connectivity index (χ2n) is 6.46. The van der Waals surface area contributed by atoms with Gasteiger partial charge < -0.3 is 9.72 Å². The van der Waals surface area contributed by atoms with Crippen LogP contribution >= 0.6 is 0 Å². The number of aromatic nitrogens is 2. The van der Waals surface area contributed by atoms with Crippen molar-refractivity contribution in [3.63, 3.8) is 0 Å². The van der Waals surface area contributed by atoms with Gasteiger partial charge in [-0.25, -0.2) is 4.98 Å². The molecule has 0 saturated heterocycles. The molecule has 1 fully saturated rings. The lowest BCUT2D eigenvalue weighted by molar-refractivity contribution is -0.173. The van der Waals surface area contributed by atoms with Crippen molar-refractivity contribution in [1.29, 1.82) is 0 Å². The summed E-state index contributed by atoms with van der Waals surface area (Å²) in [6, 6.07) is 2.04. The van der Waals surface area contributed by atoms with Gasteiger partial charge in [-0.3, -0.25) is 4.79 Å². The van der Waals surface area contributed by atoms with E-state index in [2.05, 4.69) is 10.3 Å². The summed E-state index contributed by atoms with van der Waals surface area (Å²) in [5, 5.41) is 2.33. The van der Waals surface area contributed by atoms with Gasteiger partial charge in [0.2, 0.25) is 5.91 Å². The number of fused-ring (bicyclic) bond motifs is 1. The number of halogens is 6. The van der Waals surface area contributed by atoms with Gasteiger partial charge in [-0.2, -0.15) is 26.3 Å². The van der Waals surface area contributed by atoms with Crippen molar-refractivity contribution >= 4 is 17.4 Å². The predicted molar refractivity (Wildman–Crippen MR) is 80.6 cm³/mol. The molecule has 1 amide bonds. The van der Waals surface area contributed by atoms with E-state index in [1.807, 2.05) is 0 Å². The summed E-state index contributed by atoms with van der Waals surface area (Å²) in [6.45, 7) is 0.890. The van der Waals surface area contributed by atoms with E-state index in [1.54, 1.807) is 0 Å². The predicted octanol–water partition coefficient (Wildman–Crippen LogP) is 4.76. The van der Waals surface area contributed by atoms with E-state index in [4.69, 9.17) is 0 Å². The lowest BCUT2D eigenvalue weighted by atomic mass is 10.1. The van der Waals surface area contributed by atoms with E-state index in [9.17, 15) is 31.1 Å². The lowest BCUT2D eigenvalue weighted by Crippen LogP contribution is -2.26. The van der Waals surface area contributed by atoms with Crippen molar-refractivity contribution in [2.75, 3.05) is 5.32 Å². The molecule has 2 aromatic heterocycles. The van der Waals surface area contributed by atoms with Crippen LogP contribution in [0.2, 0.25) is 0 Å². The van der Waals surface area contributed by atoms with E-state index in [0.717, 1.165) is 19.2 Å². The van der Waals surface area contributed by atoms with Crippen LogP contribution in [0.4, 0.5) is 32.2 Å². The summed E-state index contributed by atoms with van der Waals surface area (Å²) in [5.74, 6) is -2.77. The molecule has 0 bridgehead atoms. The summed E-state index contributed by atoms with van der Waals surface area (Å²) >= 11 is 0. The zero-order valence-electron chi connectivity index (χ0n) is 13.6. The number of alkyl halides is 6. The number of hydrogen-bond donors (Lipinski definition) is 1. The van der Waals surface area contributed by atoms with Crippen LogP contribution in [-0.2, 0) is 11.0 Å². The van der Waals surface area contributed by atoms with Crippen LogP contribution in [0, 0.1) is 5.92 Å². The zero-order valence-corrected chi connectivity index (χ0v) is 13.6. The van der Waals surface area contributed by atoms with Crippen LogP contribution in [0.3, 0.4) is 0 Å². The fourth-order valence-electron chi connectivity index (χ4n) is 2.65. The molecule has 142 valence electrons. The first-order chi connectivity index (χ1) is 12.0. The second-order valence-corrected chi connectivity index (χ2v) is 6.46. The van der Waals surface area contributed by atoms with Crippen molar-refractivity contribution in [3.8, 4) is 0 Å². The van der Waals surface area contributed by atoms with Gasteiger partial charge in [0.25, 0.3) is 0 Å². The van der Waals surface area contributed by atoms with Crippen LogP contribution < -0.4 is 5.32 Å². The Morgan fingerprint density at radius 1 is 1.27 bits per heavy atom. The van der Waals surface area contributed by atoms with Crippen molar-refractivity contribution in [1.82, 2.24) is 9.38 Å². The van der Waals surface area contributed by atoms with Crippen molar-refractivity contribution in [2.45, 2.75) is 44.5 Å². The van der Waals surface area contributed by atoms with Gasteiger partial charge >= 0.3 is 12.4 Å². The van der Waals surface area contributed by atoms with Crippen LogP contribution in [-0.4, -0.2) is 21.5 Å². The van der Waals surface area contributed by atoms with E-state index >= 15 is 0 Å². The van der Waals surface area contributed by atoms with Gasteiger partial charge in [-0.15, -0.1) is 0 Å². The molecular formula is C16H15F6N3O. The fourth-order valence-corrected chi connectivity index (χ4v) is 2.65. The summed E-state index contributed by atoms with van der Waals surface area (Å²) in [6.07, 6.45) is -7.50. The van der Waals surface area contributed by atoms with Crippen molar-refractivity contribution in [2.24, 2.45) is 5.92 Å². The summed E-state index contributed by atoms with van der Waals surface area (Å²) in [5.41, 5.74) is -0.286. The fraction of sp³-hybridized carbons (Fsp3) is 0.500. The number of pyridine rings is 1. The number of carbonyl (C=O) groups is 1. The van der Waals surface area contributed by atoms with Crippen molar-refractivity contribution < 1.29 is 31.1 Å². The maximum atomic E-state index is 12.9. The van der Waals surface area contributed by atoms with Crippen LogP contribution in [0.25, 0.3) is 5.65 Å². The monoisotopic (exact) mass is 379 g/mol. The standard InChI is InChI=1S/C16H15F6N3O/c1-8(15(17,18)19)6-12(26)24-14-13(9-2-3-9)25-7-10(16(20,21)22)4-5-11(25)23-14/h4-5,7-9H,2-3,6H2,1H3,(H,24,26)/t8-/m0/s1. The molecular weight excluding hydrogens is 364 g/mol. The maximum Gasteiger partial charge on any atom is 0.417 e. The summed E-state index contributed by atoms with van der Waals surface area (Å²) in [4.78, 5) is 16.0. The molecule has 1 atom stereocenters.